The van der Waals surface area contributed by atoms with E-state index in [0.29, 0.717) is 17.6 Å². The second kappa shape index (κ2) is 7.62. The first-order valence-corrected chi connectivity index (χ1v) is 8.73. The van der Waals surface area contributed by atoms with Crippen LogP contribution in [0.2, 0.25) is 5.02 Å². The molecule has 2 aliphatic rings. The fourth-order valence-electron chi connectivity index (χ4n) is 3.36. The van der Waals surface area contributed by atoms with Crippen LogP contribution in [0.1, 0.15) is 12.0 Å². The topological polar surface area (TPSA) is 47.6 Å². The normalized spacial score (nSPS) is 23.1. The molecule has 0 aromatic heterocycles. The van der Waals surface area contributed by atoms with E-state index in [-0.39, 0.29) is 5.91 Å². The lowest BCUT2D eigenvalue weighted by Gasteiger charge is -2.37. The van der Waals surface area contributed by atoms with E-state index in [0.717, 1.165) is 50.5 Å². The number of hydrogen-bond donors (Lipinski definition) is 2. The van der Waals surface area contributed by atoms with Crippen LogP contribution in [0.25, 0.3) is 0 Å². The first-order chi connectivity index (χ1) is 11.1. The molecule has 0 bridgehead atoms. The van der Waals surface area contributed by atoms with Crippen molar-refractivity contribution in [3.8, 4) is 0 Å². The van der Waals surface area contributed by atoms with Crippen LogP contribution >= 0.6 is 11.6 Å². The van der Waals surface area contributed by atoms with Gasteiger partial charge in [-0.15, -0.1) is 0 Å². The van der Waals surface area contributed by atoms with Crippen molar-refractivity contribution in [2.45, 2.75) is 19.4 Å². The van der Waals surface area contributed by atoms with Gasteiger partial charge in [-0.1, -0.05) is 17.7 Å². The van der Waals surface area contributed by atoms with Crippen molar-refractivity contribution in [2.75, 3.05) is 51.1 Å². The molecule has 2 saturated heterocycles. The van der Waals surface area contributed by atoms with Crippen molar-refractivity contribution in [1.82, 2.24) is 15.1 Å². The SMILES string of the molecule is Cc1ccc(Cl)cc1NC(=O)CN1CCN(C2CCNC2)CC1. The molecule has 0 radical (unpaired) electrons. The van der Waals surface area contributed by atoms with Crippen molar-refractivity contribution in [2.24, 2.45) is 0 Å². The van der Waals surface area contributed by atoms with E-state index >= 15 is 0 Å². The molecule has 3 rings (SSSR count). The van der Waals surface area contributed by atoms with Crippen LogP contribution in [0, 0.1) is 6.92 Å². The maximum Gasteiger partial charge on any atom is 0.238 e. The molecule has 1 amide bonds. The maximum absolute atomic E-state index is 12.3. The number of halogens is 1. The molecule has 5 nitrogen and oxygen atoms in total. The third-order valence-corrected chi connectivity index (χ3v) is 5.03. The van der Waals surface area contributed by atoms with Gasteiger partial charge in [-0.05, 0) is 37.6 Å². The van der Waals surface area contributed by atoms with E-state index in [2.05, 4.69) is 20.4 Å². The molecule has 0 spiro atoms. The second-order valence-electron chi connectivity index (χ2n) is 6.47. The summed E-state index contributed by atoms with van der Waals surface area (Å²) in [5, 5.41) is 7.04. The Balaban J connectivity index is 1.46. The van der Waals surface area contributed by atoms with E-state index in [1.54, 1.807) is 6.07 Å². The monoisotopic (exact) mass is 336 g/mol. The molecular weight excluding hydrogens is 312 g/mol. The zero-order valence-electron chi connectivity index (χ0n) is 13.6. The van der Waals surface area contributed by atoms with Crippen LogP contribution < -0.4 is 10.6 Å². The Labute approximate surface area is 143 Å². The van der Waals surface area contributed by atoms with Crippen LogP contribution in [0.4, 0.5) is 5.69 Å². The number of amides is 1. The highest BCUT2D eigenvalue weighted by Gasteiger charge is 2.26. The lowest BCUT2D eigenvalue weighted by molar-refractivity contribution is -0.117. The lowest BCUT2D eigenvalue weighted by Crippen LogP contribution is -2.52. The Morgan fingerprint density at radius 3 is 2.83 bits per heavy atom. The zero-order valence-corrected chi connectivity index (χ0v) is 14.4. The number of aryl methyl sites for hydroxylation is 1. The fraction of sp³-hybridized carbons (Fsp3) is 0.588. The minimum atomic E-state index is 0.0337. The Kier molecular flexibility index (Phi) is 5.54. The number of rotatable bonds is 4. The molecule has 1 aromatic carbocycles. The van der Waals surface area contributed by atoms with E-state index < -0.39 is 0 Å². The minimum absolute atomic E-state index is 0.0337. The first-order valence-electron chi connectivity index (χ1n) is 8.35. The van der Waals surface area contributed by atoms with Gasteiger partial charge in [0.25, 0.3) is 0 Å². The van der Waals surface area contributed by atoms with Gasteiger partial charge in [-0.25, -0.2) is 0 Å². The number of carbonyl (C=O) groups is 1. The molecule has 0 aliphatic carbocycles. The first kappa shape index (κ1) is 16.7. The predicted octanol–water partition coefficient (Wildman–Crippen LogP) is 1.57. The Morgan fingerprint density at radius 1 is 1.35 bits per heavy atom. The molecule has 1 aromatic rings. The summed E-state index contributed by atoms with van der Waals surface area (Å²) in [6.07, 6.45) is 1.24. The number of piperazine rings is 1. The van der Waals surface area contributed by atoms with Gasteiger partial charge in [0, 0.05) is 49.5 Å². The molecule has 2 aliphatic heterocycles. The molecule has 2 N–H and O–H groups in total. The number of hydrogen-bond acceptors (Lipinski definition) is 4. The van der Waals surface area contributed by atoms with Crippen molar-refractivity contribution < 1.29 is 4.79 Å². The summed E-state index contributed by atoms with van der Waals surface area (Å²) in [7, 11) is 0. The third-order valence-electron chi connectivity index (χ3n) is 4.80. The van der Waals surface area contributed by atoms with Crippen molar-refractivity contribution >= 4 is 23.2 Å². The van der Waals surface area contributed by atoms with E-state index in [9.17, 15) is 4.79 Å². The van der Waals surface area contributed by atoms with Gasteiger partial charge in [0.05, 0.1) is 6.54 Å². The number of carbonyl (C=O) groups excluding carboxylic acids is 1. The Bertz CT molecular complexity index is 552. The molecular formula is C17H25ClN4O. The summed E-state index contributed by atoms with van der Waals surface area (Å²) in [6, 6.07) is 6.25. The predicted molar refractivity (Wildman–Crippen MR) is 94.1 cm³/mol. The summed E-state index contributed by atoms with van der Waals surface area (Å²) in [4.78, 5) is 17.0. The van der Waals surface area contributed by atoms with Gasteiger partial charge in [-0.3, -0.25) is 14.6 Å². The van der Waals surface area contributed by atoms with Gasteiger partial charge in [0.2, 0.25) is 5.91 Å². The van der Waals surface area contributed by atoms with Crippen molar-refractivity contribution in [1.29, 1.82) is 0 Å². The van der Waals surface area contributed by atoms with Crippen LogP contribution in [0.3, 0.4) is 0 Å². The molecule has 1 unspecified atom stereocenters. The largest absolute Gasteiger partial charge is 0.325 e. The lowest BCUT2D eigenvalue weighted by atomic mass is 10.2. The molecule has 23 heavy (non-hydrogen) atoms. The standard InChI is InChI=1S/C17H25ClN4O/c1-13-2-3-14(18)10-16(13)20-17(23)12-21-6-8-22(9-7-21)15-4-5-19-11-15/h2-3,10,15,19H,4-9,11-12H2,1H3,(H,20,23). The van der Waals surface area contributed by atoms with Gasteiger partial charge >= 0.3 is 0 Å². The fourth-order valence-corrected chi connectivity index (χ4v) is 3.53. The van der Waals surface area contributed by atoms with E-state index in [1.165, 1.54) is 6.42 Å². The molecule has 126 valence electrons. The number of nitrogens with zero attached hydrogens (tertiary/aromatic N) is 2. The number of benzene rings is 1. The van der Waals surface area contributed by atoms with Crippen LogP contribution in [-0.4, -0.2) is 67.6 Å². The minimum Gasteiger partial charge on any atom is -0.325 e. The molecule has 1 atom stereocenters. The highest BCUT2D eigenvalue weighted by atomic mass is 35.5. The van der Waals surface area contributed by atoms with Crippen molar-refractivity contribution in [3.63, 3.8) is 0 Å². The molecule has 2 fully saturated rings. The molecule has 0 saturated carbocycles. The summed E-state index contributed by atoms with van der Waals surface area (Å²) in [5.41, 5.74) is 1.83. The summed E-state index contributed by atoms with van der Waals surface area (Å²) in [6.45, 7) is 8.67. The van der Waals surface area contributed by atoms with E-state index in [4.69, 9.17) is 11.6 Å². The van der Waals surface area contributed by atoms with Crippen LogP contribution in [0.15, 0.2) is 18.2 Å². The average molecular weight is 337 g/mol. The van der Waals surface area contributed by atoms with Crippen LogP contribution in [-0.2, 0) is 4.79 Å². The zero-order chi connectivity index (χ0) is 16.2. The smallest absolute Gasteiger partial charge is 0.238 e. The molecule has 6 heteroatoms. The van der Waals surface area contributed by atoms with Gasteiger partial charge < -0.3 is 10.6 Å². The van der Waals surface area contributed by atoms with E-state index in [1.807, 2.05) is 19.1 Å². The second-order valence-corrected chi connectivity index (χ2v) is 6.90. The summed E-state index contributed by atoms with van der Waals surface area (Å²) in [5.74, 6) is 0.0337. The molecule has 2 heterocycles. The third kappa shape index (κ3) is 4.44. The Hall–Kier alpha value is -1.14. The average Bonchev–Trinajstić information content (AvgIpc) is 3.06. The highest BCUT2D eigenvalue weighted by molar-refractivity contribution is 6.31. The maximum atomic E-state index is 12.3. The van der Waals surface area contributed by atoms with Gasteiger partial charge in [0.1, 0.15) is 0 Å². The summed E-state index contributed by atoms with van der Waals surface area (Å²) >= 11 is 6.00. The number of anilines is 1. The summed E-state index contributed by atoms with van der Waals surface area (Å²) < 4.78 is 0. The van der Waals surface area contributed by atoms with Gasteiger partial charge in [0.15, 0.2) is 0 Å². The highest BCUT2D eigenvalue weighted by Crippen LogP contribution is 2.20. The van der Waals surface area contributed by atoms with Crippen molar-refractivity contribution in [3.05, 3.63) is 28.8 Å². The van der Waals surface area contributed by atoms with Crippen LogP contribution in [0.5, 0.6) is 0 Å². The van der Waals surface area contributed by atoms with Gasteiger partial charge in [-0.2, -0.15) is 0 Å². The number of nitrogens with one attached hydrogen (secondary N) is 2. The quantitative estimate of drug-likeness (QED) is 0.876. The Morgan fingerprint density at radius 2 is 2.13 bits per heavy atom.